The summed E-state index contributed by atoms with van der Waals surface area (Å²) in [6, 6.07) is 4.43. The highest BCUT2D eigenvalue weighted by atomic mass is 79.9. The Morgan fingerprint density at radius 1 is 1.24 bits per heavy atom. The van der Waals surface area contributed by atoms with E-state index in [2.05, 4.69) is 31.4 Å². The van der Waals surface area contributed by atoms with Crippen LogP contribution in [0.15, 0.2) is 41.3 Å². The zero-order valence-electron chi connectivity index (χ0n) is 12.6. The van der Waals surface area contributed by atoms with Gasteiger partial charge in [-0.2, -0.15) is 10.2 Å². The molecule has 0 radical (unpaired) electrons. The Balaban J connectivity index is 1.71. The molecule has 130 valence electrons. The topological polar surface area (TPSA) is 64.7 Å². The molecule has 0 saturated heterocycles. The van der Waals surface area contributed by atoms with Crippen LogP contribution in [0.5, 0.6) is 0 Å². The number of nitrogens with zero attached hydrogens (tertiary/aromatic N) is 4. The highest BCUT2D eigenvalue weighted by molar-refractivity contribution is 9.10. The molecule has 25 heavy (non-hydrogen) atoms. The smallest absolute Gasteiger partial charge is 0.247 e. The molecule has 0 saturated carbocycles. The first kappa shape index (κ1) is 17.9. The quantitative estimate of drug-likeness (QED) is 0.644. The van der Waals surface area contributed by atoms with Gasteiger partial charge in [0.1, 0.15) is 17.4 Å². The highest BCUT2D eigenvalue weighted by Crippen LogP contribution is 2.23. The summed E-state index contributed by atoms with van der Waals surface area (Å²) >= 11 is 15.3. The molecule has 1 aromatic carbocycles. The monoisotopic (exact) mass is 445 g/mol. The fourth-order valence-corrected chi connectivity index (χ4v) is 2.90. The molecule has 0 unspecified atom stereocenters. The molecule has 0 aliphatic rings. The number of hydrogen-bond donors (Lipinski definition) is 1. The minimum absolute atomic E-state index is 0.00787. The molecule has 3 rings (SSSR count). The van der Waals surface area contributed by atoms with Crippen molar-refractivity contribution in [3.05, 3.63) is 62.7 Å². The molecule has 10 heteroatoms. The van der Waals surface area contributed by atoms with E-state index in [0.29, 0.717) is 10.6 Å². The summed E-state index contributed by atoms with van der Waals surface area (Å²) in [5, 5.41) is 11.3. The fraction of sp³-hybridized carbons (Fsp3) is 0.133. The van der Waals surface area contributed by atoms with Crippen molar-refractivity contribution in [1.29, 1.82) is 0 Å². The van der Waals surface area contributed by atoms with Crippen molar-refractivity contribution in [2.45, 2.75) is 13.1 Å². The molecule has 2 heterocycles. The van der Waals surface area contributed by atoms with E-state index in [-0.39, 0.29) is 29.8 Å². The van der Waals surface area contributed by atoms with Gasteiger partial charge in [0, 0.05) is 23.0 Å². The predicted molar refractivity (Wildman–Crippen MR) is 96.3 cm³/mol. The maximum absolute atomic E-state index is 13.9. The first-order valence-corrected chi connectivity index (χ1v) is 8.61. The number of anilines is 1. The number of aromatic nitrogens is 4. The van der Waals surface area contributed by atoms with Crippen molar-refractivity contribution in [2.24, 2.45) is 0 Å². The zero-order valence-corrected chi connectivity index (χ0v) is 15.7. The number of halogens is 4. The zero-order chi connectivity index (χ0) is 18.0. The number of nitrogens with one attached hydrogen (secondary N) is 1. The Labute approximate surface area is 160 Å². The lowest BCUT2D eigenvalue weighted by atomic mass is 10.2. The molecule has 0 aliphatic heterocycles. The molecule has 1 N–H and O–H groups in total. The molecule has 0 atom stereocenters. The second-order valence-corrected chi connectivity index (χ2v) is 6.86. The summed E-state index contributed by atoms with van der Waals surface area (Å²) in [5.74, 6) is -0.592. The van der Waals surface area contributed by atoms with Crippen LogP contribution in [-0.2, 0) is 17.9 Å². The van der Waals surface area contributed by atoms with Crippen LogP contribution in [0.2, 0.25) is 10.0 Å². The van der Waals surface area contributed by atoms with Gasteiger partial charge in [0.25, 0.3) is 0 Å². The van der Waals surface area contributed by atoms with E-state index in [1.807, 2.05) is 0 Å². The molecular formula is C15H11BrCl2FN5O. The Hall–Kier alpha value is -1.90. The second kappa shape index (κ2) is 7.55. The third kappa shape index (κ3) is 4.39. The van der Waals surface area contributed by atoms with Crippen LogP contribution in [0, 0.1) is 5.82 Å². The minimum atomic E-state index is -0.436. The normalized spacial score (nSPS) is 10.9. The molecule has 0 fully saturated rings. The Morgan fingerprint density at radius 2 is 2.04 bits per heavy atom. The first-order valence-electron chi connectivity index (χ1n) is 7.06. The maximum Gasteiger partial charge on any atom is 0.247 e. The van der Waals surface area contributed by atoms with Gasteiger partial charge in [-0.05, 0) is 28.1 Å². The average Bonchev–Trinajstić information content (AvgIpc) is 3.09. The van der Waals surface area contributed by atoms with Crippen LogP contribution in [-0.4, -0.2) is 25.5 Å². The van der Waals surface area contributed by atoms with E-state index in [0.717, 1.165) is 4.47 Å². The number of carbonyl (C=O) groups excluding carboxylic acids is 1. The van der Waals surface area contributed by atoms with Crippen molar-refractivity contribution in [3.63, 3.8) is 0 Å². The van der Waals surface area contributed by atoms with E-state index in [1.165, 1.54) is 27.7 Å². The third-order valence-corrected chi connectivity index (χ3v) is 4.30. The minimum Gasteiger partial charge on any atom is -0.306 e. The summed E-state index contributed by atoms with van der Waals surface area (Å²) in [6.45, 7) is 0.0983. The van der Waals surface area contributed by atoms with E-state index < -0.39 is 5.82 Å². The lowest BCUT2D eigenvalue weighted by molar-refractivity contribution is -0.116. The summed E-state index contributed by atoms with van der Waals surface area (Å²) in [6.07, 6.45) is 4.73. The van der Waals surface area contributed by atoms with Crippen molar-refractivity contribution in [3.8, 4) is 0 Å². The molecule has 3 aromatic rings. The van der Waals surface area contributed by atoms with Gasteiger partial charge in [-0.1, -0.05) is 29.3 Å². The Morgan fingerprint density at radius 3 is 2.72 bits per heavy atom. The standard InChI is InChI=1S/C15H11BrCl2FN5O/c16-9-4-20-23(5-9)8-14(25)21-15-12(18)7-24(22-15)6-10-11(17)2-1-3-13(10)19/h1-5,7H,6,8H2,(H,21,22,25). The second-order valence-electron chi connectivity index (χ2n) is 5.13. The molecule has 2 aromatic heterocycles. The number of rotatable bonds is 5. The van der Waals surface area contributed by atoms with Gasteiger partial charge in [0.15, 0.2) is 5.82 Å². The SMILES string of the molecule is O=C(Cn1cc(Br)cn1)Nc1nn(Cc2c(F)cccc2Cl)cc1Cl. The van der Waals surface area contributed by atoms with Crippen LogP contribution >= 0.6 is 39.1 Å². The third-order valence-electron chi connectivity index (χ3n) is 3.26. The van der Waals surface area contributed by atoms with Gasteiger partial charge in [0.05, 0.1) is 17.2 Å². The Bertz CT molecular complexity index is 906. The maximum atomic E-state index is 13.9. The molecule has 6 nitrogen and oxygen atoms in total. The number of carbonyl (C=O) groups is 1. The van der Waals surface area contributed by atoms with Crippen molar-refractivity contribution in [1.82, 2.24) is 19.6 Å². The van der Waals surface area contributed by atoms with Crippen molar-refractivity contribution in [2.75, 3.05) is 5.32 Å². The van der Waals surface area contributed by atoms with Crippen LogP contribution in [0.4, 0.5) is 10.2 Å². The molecule has 1 amide bonds. The summed E-state index contributed by atoms with van der Waals surface area (Å²) in [5.41, 5.74) is 0.294. The van der Waals surface area contributed by atoms with E-state index >= 15 is 0 Å². The molecular weight excluding hydrogens is 436 g/mol. The van der Waals surface area contributed by atoms with Crippen LogP contribution in [0.3, 0.4) is 0 Å². The van der Waals surface area contributed by atoms with E-state index in [4.69, 9.17) is 23.2 Å². The molecule has 0 bridgehead atoms. The van der Waals surface area contributed by atoms with Crippen LogP contribution in [0.1, 0.15) is 5.56 Å². The van der Waals surface area contributed by atoms with Gasteiger partial charge in [-0.15, -0.1) is 0 Å². The Kier molecular flexibility index (Phi) is 5.41. The van der Waals surface area contributed by atoms with Crippen LogP contribution < -0.4 is 5.32 Å². The van der Waals surface area contributed by atoms with E-state index in [1.54, 1.807) is 18.5 Å². The highest BCUT2D eigenvalue weighted by Gasteiger charge is 2.14. The van der Waals surface area contributed by atoms with E-state index in [9.17, 15) is 9.18 Å². The number of hydrogen-bond acceptors (Lipinski definition) is 3. The molecule has 0 spiro atoms. The summed E-state index contributed by atoms with van der Waals surface area (Å²) in [4.78, 5) is 12.0. The van der Waals surface area contributed by atoms with Gasteiger partial charge in [-0.25, -0.2) is 4.39 Å². The largest absolute Gasteiger partial charge is 0.306 e. The van der Waals surface area contributed by atoms with Gasteiger partial charge in [0.2, 0.25) is 5.91 Å². The first-order chi connectivity index (χ1) is 11.9. The lowest BCUT2D eigenvalue weighted by Crippen LogP contribution is -2.19. The van der Waals surface area contributed by atoms with Crippen molar-refractivity contribution >= 4 is 50.9 Å². The molecule has 0 aliphatic carbocycles. The van der Waals surface area contributed by atoms with Gasteiger partial charge < -0.3 is 5.32 Å². The van der Waals surface area contributed by atoms with Gasteiger partial charge in [-0.3, -0.25) is 14.2 Å². The average molecular weight is 447 g/mol. The van der Waals surface area contributed by atoms with Gasteiger partial charge >= 0.3 is 0 Å². The predicted octanol–water partition coefficient (Wildman–Crippen LogP) is 3.98. The lowest BCUT2D eigenvalue weighted by Gasteiger charge is -2.06. The summed E-state index contributed by atoms with van der Waals surface area (Å²) < 4.78 is 17.5. The van der Waals surface area contributed by atoms with Crippen molar-refractivity contribution < 1.29 is 9.18 Å². The fourth-order valence-electron chi connectivity index (χ4n) is 2.15. The van der Waals surface area contributed by atoms with Crippen LogP contribution in [0.25, 0.3) is 0 Å². The number of benzene rings is 1. The summed E-state index contributed by atoms with van der Waals surface area (Å²) in [7, 11) is 0. The number of amides is 1.